The molecule has 0 saturated carbocycles. The summed E-state index contributed by atoms with van der Waals surface area (Å²) in [7, 11) is -3.62. The van der Waals surface area contributed by atoms with Crippen LogP contribution in [0.5, 0.6) is 0 Å². The molecular formula is C9H14ClN3O3S2. The molecule has 0 fully saturated rings. The zero-order valence-corrected chi connectivity index (χ0v) is 12.2. The van der Waals surface area contributed by atoms with E-state index in [1.54, 1.807) is 13.8 Å². The second-order valence-electron chi connectivity index (χ2n) is 4.25. The van der Waals surface area contributed by atoms with Crippen LogP contribution in [0.4, 0.5) is 0 Å². The highest BCUT2D eigenvalue weighted by Crippen LogP contribution is 2.25. The number of sulfonamides is 1. The lowest BCUT2D eigenvalue weighted by Gasteiger charge is -2.22. The van der Waals surface area contributed by atoms with Crippen LogP contribution in [0.25, 0.3) is 0 Å². The van der Waals surface area contributed by atoms with Gasteiger partial charge >= 0.3 is 0 Å². The molecule has 0 amide bonds. The Morgan fingerprint density at radius 1 is 1.61 bits per heavy atom. The number of nitrogens with two attached hydrogens (primary N) is 1. The minimum Gasteiger partial charge on any atom is -0.409 e. The average molecular weight is 312 g/mol. The maximum absolute atomic E-state index is 11.9. The molecule has 0 spiro atoms. The number of nitrogens with zero attached hydrogens (tertiary/aromatic N) is 1. The van der Waals surface area contributed by atoms with Crippen LogP contribution in [0.3, 0.4) is 0 Å². The van der Waals surface area contributed by atoms with Gasteiger partial charge in [0.2, 0.25) is 10.0 Å². The van der Waals surface area contributed by atoms with Crippen LogP contribution in [0.2, 0.25) is 4.34 Å². The summed E-state index contributed by atoms with van der Waals surface area (Å²) in [6, 6.07) is 2.93. The van der Waals surface area contributed by atoms with Crippen molar-refractivity contribution in [1.29, 1.82) is 0 Å². The standard InChI is InChI=1S/C9H14ClN3O3S2/c1-9(2,8(11)13-14)5-12-18(15,16)7-4-3-6(10)17-7/h3-4,12,14H,5H2,1-2H3,(H2,11,13). The Morgan fingerprint density at radius 2 is 2.22 bits per heavy atom. The largest absolute Gasteiger partial charge is 0.409 e. The predicted octanol–water partition coefficient (Wildman–Crippen LogP) is 1.45. The third-order valence-corrected chi connectivity index (χ3v) is 5.44. The zero-order chi connectivity index (χ0) is 14.0. The van der Waals surface area contributed by atoms with Gasteiger partial charge in [0.05, 0.1) is 4.34 Å². The lowest BCUT2D eigenvalue weighted by atomic mass is 9.93. The topological polar surface area (TPSA) is 105 Å². The molecule has 6 nitrogen and oxygen atoms in total. The van der Waals surface area contributed by atoms with Gasteiger partial charge < -0.3 is 10.9 Å². The van der Waals surface area contributed by atoms with Crippen molar-refractivity contribution >= 4 is 38.8 Å². The first-order valence-corrected chi connectivity index (χ1v) is 7.60. The summed E-state index contributed by atoms with van der Waals surface area (Å²) in [5.41, 5.74) is 4.68. The van der Waals surface area contributed by atoms with E-state index >= 15 is 0 Å². The molecule has 1 rings (SSSR count). The summed E-state index contributed by atoms with van der Waals surface area (Å²) >= 11 is 6.65. The number of thiophene rings is 1. The maximum atomic E-state index is 11.9. The summed E-state index contributed by atoms with van der Waals surface area (Å²) in [4.78, 5) is 0. The molecule has 0 aliphatic carbocycles. The molecular weight excluding hydrogens is 298 g/mol. The Labute approximate surface area is 114 Å². The van der Waals surface area contributed by atoms with Crippen LogP contribution < -0.4 is 10.5 Å². The molecule has 0 saturated heterocycles. The number of nitrogens with one attached hydrogen (secondary N) is 1. The van der Waals surface area contributed by atoms with Gasteiger partial charge in [-0.3, -0.25) is 0 Å². The van der Waals surface area contributed by atoms with Crippen LogP contribution in [-0.2, 0) is 10.0 Å². The van der Waals surface area contributed by atoms with Crippen LogP contribution in [0.1, 0.15) is 13.8 Å². The summed E-state index contributed by atoms with van der Waals surface area (Å²) in [6.07, 6.45) is 0. The second kappa shape index (κ2) is 5.43. The molecule has 1 aromatic rings. The van der Waals surface area contributed by atoms with Crippen molar-refractivity contribution < 1.29 is 13.6 Å². The fourth-order valence-electron chi connectivity index (χ4n) is 1.01. The molecule has 9 heteroatoms. The SMILES string of the molecule is CC(C)(CNS(=O)(=O)c1ccc(Cl)s1)/C(N)=N/O. The molecule has 102 valence electrons. The van der Waals surface area contributed by atoms with E-state index in [1.807, 2.05) is 0 Å². The molecule has 4 N–H and O–H groups in total. The first-order chi connectivity index (χ1) is 8.19. The van der Waals surface area contributed by atoms with Gasteiger partial charge in [-0.05, 0) is 12.1 Å². The summed E-state index contributed by atoms with van der Waals surface area (Å²) in [6.45, 7) is 3.33. The quantitative estimate of drug-likeness (QED) is 0.331. The van der Waals surface area contributed by atoms with Crippen LogP contribution in [0.15, 0.2) is 21.5 Å². The van der Waals surface area contributed by atoms with E-state index in [4.69, 9.17) is 22.5 Å². The normalized spacial score (nSPS) is 13.8. The highest BCUT2D eigenvalue weighted by Gasteiger charge is 2.27. The minimum absolute atomic E-state index is 0.0146. The molecule has 0 aromatic carbocycles. The molecule has 1 aromatic heterocycles. The Morgan fingerprint density at radius 3 is 2.67 bits per heavy atom. The lowest BCUT2D eigenvalue weighted by molar-refractivity contribution is 0.307. The van der Waals surface area contributed by atoms with E-state index in [0.29, 0.717) is 4.34 Å². The Bertz CT molecular complexity index is 551. The van der Waals surface area contributed by atoms with Gasteiger partial charge in [-0.15, -0.1) is 11.3 Å². The van der Waals surface area contributed by atoms with E-state index in [2.05, 4.69) is 9.88 Å². The fraction of sp³-hybridized carbons (Fsp3) is 0.444. The van der Waals surface area contributed by atoms with Crippen molar-refractivity contribution in [2.75, 3.05) is 6.54 Å². The van der Waals surface area contributed by atoms with Gasteiger partial charge in [-0.2, -0.15) is 0 Å². The Balaban J connectivity index is 2.80. The highest BCUT2D eigenvalue weighted by atomic mass is 35.5. The number of rotatable bonds is 5. The minimum atomic E-state index is -3.62. The van der Waals surface area contributed by atoms with Crippen LogP contribution >= 0.6 is 22.9 Å². The number of hydrogen-bond donors (Lipinski definition) is 3. The summed E-state index contributed by atoms with van der Waals surface area (Å²) in [5.74, 6) is -0.0468. The average Bonchev–Trinajstić information content (AvgIpc) is 2.73. The maximum Gasteiger partial charge on any atom is 0.250 e. The van der Waals surface area contributed by atoms with Gasteiger partial charge in [0.1, 0.15) is 10.0 Å². The van der Waals surface area contributed by atoms with Gasteiger partial charge in [-0.1, -0.05) is 30.6 Å². The monoisotopic (exact) mass is 311 g/mol. The van der Waals surface area contributed by atoms with Crippen LogP contribution in [0, 0.1) is 5.41 Å². The fourth-order valence-corrected chi connectivity index (χ4v) is 3.75. The molecule has 0 atom stereocenters. The highest BCUT2D eigenvalue weighted by molar-refractivity contribution is 7.91. The smallest absolute Gasteiger partial charge is 0.250 e. The third kappa shape index (κ3) is 3.58. The Hall–Kier alpha value is -0.830. The van der Waals surface area contributed by atoms with E-state index in [1.165, 1.54) is 12.1 Å². The number of oxime groups is 1. The van der Waals surface area contributed by atoms with Crippen molar-refractivity contribution in [2.24, 2.45) is 16.3 Å². The summed E-state index contributed by atoms with van der Waals surface area (Å²) < 4.78 is 26.7. The number of halogens is 1. The van der Waals surface area contributed by atoms with E-state index < -0.39 is 15.4 Å². The van der Waals surface area contributed by atoms with Gasteiger partial charge in [0, 0.05) is 12.0 Å². The first kappa shape index (κ1) is 15.2. The van der Waals surface area contributed by atoms with E-state index in [9.17, 15) is 8.42 Å². The van der Waals surface area contributed by atoms with Crippen LogP contribution in [-0.4, -0.2) is 26.0 Å². The molecule has 0 radical (unpaired) electrons. The molecule has 0 bridgehead atoms. The lowest BCUT2D eigenvalue weighted by Crippen LogP contribution is -2.42. The number of hydrogen-bond acceptors (Lipinski definition) is 5. The second-order valence-corrected chi connectivity index (χ2v) is 7.96. The van der Waals surface area contributed by atoms with Crippen molar-refractivity contribution in [3.63, 3.8) is 0 Å². The first-order valence-electron chi connectivity index (χ1n) is 4.92. The van der Waals surface area contributed by atoms with Crippen molar-refractivity contribution in [3.8, 4) is 0 Å². The Kier molecular flexibility index (Phi) is 4.60. The van der Waals surface area contributed by atoms with Crippen molar-refractivity contribution in [3.05, 3.63) is 16.5 Å². The van der Waals surface area contributed by atoms with Gasteiger partial charge in [0.25, 0.3) is 0 Å². The van der Waals surface area contributed by atoms with Crippen molar-refractivity contribution in [1.82, 2.24) is 4.72 Å². The molecule has 0 unspecified atom stereocenters. The van der Waals surface area contributed by atoms with Crippen molar-refractivity contribution in [2.45, 2.75) is 18.1 Å². The third-order valence-electron chi connectivity index (χ3n) is 2.32. The van der Waals surface area contributed by atoms with E-state index in [0.717, 1.165) is 11.3 Å². The number of amidine groups is 1. The molecule has 0 aliphatic rings. The van der Waals surface area contributed by atoms with Gasteiger partial charge in [0.15, 0.2) is 0 Å². The molecule has 0 aliphatic heterocycles. The summed E-state index contributed by atoms with van der Waals surface area (Å²) in [5, 5.41) is 11.5. The predicted molar refractivity (Wildman–Crippen MR) is 71.7 cm³/mol. The molecule has 18 heavy (non-hydrogen) atoms. The zero-order valence-electron chi connectivity index (χ0n) is 9.84. The van der Waals surface area contributed by atoms with Gasteiger partial charge in [-0.25, -0.2) is 13.1 Å². The molecule has 1 heterocycles. The van der Waals surface area contributed by atoms with E-state index in [-0.39, 0.29) is 16.6 Å².